The average molecular weight is 804 g/mol. The number of carbonyl (C=O) groups is 1. The number of nitrogens with one attached hydrogen (secondary N) is 1. The molecule has 55 heavy (non-hydrogen) atoms. The maximum absolute atomic E-state index is 13.7. The fourth-order valence-corrected chi connectivity index (χ4v) is 9.29. The first-order valence-corrected chi connectivity index (χ1v) is 22.8. The molecule has 4 aromatic rings. The topological polar surface area (TPSA) is 113 Å². The van der Waals surface area contributed by atoms with Crippen molar-refractivity contribution in [3.05, 3.63) is 86.9 Å². The molecular formula is C42H52Cl2N6O4Si. The predicted octanol–water partition coefficient (Wildman–Crippen LogP) is 8.42. The Hall–Kier alpha value is -3.42. The molecule has 2 N–H and O–H groups in total. The van der Waals surface area contributed by atoms with Gasteiger partial charge in [0.1, 0.15) is 11.4 Å². The lowest BCUT2D eigenvalue weighted by atomic mass is 9.97. The van der Waals surface area contributed by atoms with Gasteiger partial charge in [-0.2, -0.15) is 0 Å². The third-order valence-corrected chi connectivity index (χ3v) is 17.3. The molecule has 292 valence electrons. The number of rotatable bonds is 12. The lowest BCUT2D eigenvalue weighted by molar-refractivity contribution is 0.00441. The van der Waals surface area contributed by atoms with Crippen LogP contribution >= 0.6 is 23.2 Å². The monoisotopic (exact) mass is 802 g/mol. The number of benzene rings is 2. The Morgan fingerprint density at radius 1 is 1.04 bits per heavy atom. The second-order valence-corrected chi connectivity index (χ2v) is 22.6. The number of amides is 1. The van der Waals surface area contributed by atoms with Gasteiger partial charge in [0.15, 0.2) is 8.32 Å². The molecule has 7 rings (SSSR count). The van der Waals surface area contributed by atoms with E-state index in [0.29, 0.717) is 62.8 Å². The number of pyridine rings is 1. The van der Waals surface area contributed by atoms with Crippen molar-refractivity contribution in [1.29, 1.82) is 0 Å². The van der Waals surface area contributed by atoms with Crippen LogP contribution in [0.4, 0.5) is 5.69 Å². The number of ether oxygens (including phenoxy) is 1. The lowest BCUT2D eigenvalue weighted by Crippen LogP contribution is -2.57. The molecule has 1 aliphatic carbocycles. The van der Waals surface area contributed by atoms with E-state index in [1.807, 2.05) is 43.3 Å². The summed E-state index contributed by atoms with van der Waals surface area (Å²) in [6.07, 6.45) is 4.95. The fourth-order valence-electron chi connectivity index (χ4n) is 7.36. The minimum absolute atomic E-state index is 0.0239. The second kappa shape index (κ2) is 15.5. The zero-order valence-electron chi connectivity index (χ0n) is 32.9. The normalized spacial score (nSPS) is 17.4. The number of aryl methyl sites for hydroxylation is 1. The molecule has 2 fully saturated rings. The van der Waals surface area contributed by atoms with Crippen molar-refractivity contribution in [2.75, 3.05) is 45.2 Å². The molecule has 0 bridgehead atoms. The number of nitrogens with zero attached hydrogens (tertiary/aromatic N) is 5. The number of methoxy groups -OCH3 is 1. The first kappa shape index (κ1) is 39.8. The summed E-state index contributed by atoms with van der Waals surface area (Å²) in [5.41, 5.74) is 7.36. The van der Waals surface area contributed by atoms with Crippen molar-refractivity contribution >= 4 is 43.1 Å². The van der Waals surface area contributed by atoms with Crippen molar-refractivity contribution in [3.63, 3.8) is 0 Å². The third-order valence-electron chi connectivity index (χ3n) is 11.9. The third kappa shape index (κ3) is 8.35. The van der Waals surface area contributed by atoms with E-state index in [1.165, 1.54) is 5.56 Å². The van der Waals surface area contributed by atoms with Gasteiger partial charge in [0.05, 0.1) is 46.5 Å². The lowest BCUT2D eigenvalue weighted by Gasteiger charge is -2.46. The number of anilines is 1. The number of aliphatic hydroxyl groups is 1. The molecule has 13 heteroatoms. The molecule has 3 aliphatic rings. The highest BCUT2D eigenvalue weighted by Crippen LogP contribution is 2.46. The second-order valence-electron chi connectivity index (χ2n) is 17.1. The van der Waals surface area contributed by atoms with Crippen LogP contribution in [0.3, 0.4) is 0 Å². The zero-order chi connectivity index (χ0) is 39.3. The molecule has 0 spiro atoms. The largest absolute Gasteiger partial charge is 0.480 e. The van der Waals surface area contributed by atoms with Gasteiger partial charge in [0.2, 0.25) is 5.88 Å². The predicted molar refractivity (Wildman–Crippen MR) is 221 cm³/mol. The van der Waals surface area contributed by atoms with E-state index in [2.05, 4.69) is 49.0 Å². The van der Waals surface area contributed by atoms with Crippen LogP contribution in [0.5, 0.6) is 5.88 Å². The number of halogens is 2. The van der Waals surface area contributed by atoms with Crippen molar-refractivity contribution in [2.45, 2.75) is 84.3 Å². The van der Waals surface area contributed by atoms with Crippen molar-refractivity contribution in [2.24, 2.45) is 5.41 Å². The van der Waals surface area contributed by atoms with Crippen LogP contribution in [-0.2, 0) is 23.9 Å². The Bertz CT molecular complexity index is 2100. The minimum Gasteiger partial charge on any atom is -0.480 e. The van der Waals surface area contributed by atoms with Crippen LogP contribution in [-0.4, -0.2) is 90.1 Å². The van der Waals surface area contributed by atoms with Gasteiger partial charge in [-0.15, -0.1) is 0 Å². The van der Waals surface area contributed by atoms with E-state index in [-0.39, 0.29) is 29.1 Å². The highest BCUT2D eigenvalue weighted by molar-refractivity contribution is 6.74. The molecule has 2 aliphatic heterocycles. The molecule has 0 unspecified atom stereocenters. The highest BCUT2D eigenvalue weighted by atomic mass is 35.5. The highest BCUT2D eigenvalue weighted by Gasteiger charge is 2.44. The number of hydrogen-bond acceptors (Lipinski definition) is 9. The van der Waals surface area contributed by atoms with Gasteiger partial charge in [-0.3, -0.25) is 19.6 Å². The summed E-state index contributed by atoms with van der Waals surface area (Å²) >= 11 is 14.1. The Morgan fingerprint density at radius 2 is 1.73 bits per heavy atom. The Balaban J connectivity index is 1.05. The summed E-state index contributed by atoms with van der Waals surface area (Å²) in [6.45, 7) is 18.4. The van der Waals surface area contributed by atoms with Crippen molar-refractivity contribution in [3.8, 4) is 28.3 Å². The number of carbonyl (C=O) groups excluding carboxylic acids is 1. The Kier molecular flexibility index (Phi) is 11.2. The molecule has 0 radical (unpaired) electrons. The van der Waals surface area contributed by atoms with Crippen LogP contribution in [0.25, 0.3) is 22.4 Å². The first-order valence-electron chi connectivity index (χ1n) is 19.1. The number of fused-ring (bicyclic) bond motifs is 1. The maximum atomic E-state index is 13.7. The van der Waals surface area contributed by atoms with E-state index in [1.54, 1.807) is 19.4 Å². The molecule has 0 atom stereocenters. The smallest absolute Gasteiger partial charge is 0.274 e. The van der Waals surface area contributed by atoms with Gasteiger partial charge in [0.25, 0.3) is 5.91 Å². The van der Waals surface area contributed by atoms with E-state index >= 15 is 0 Å². The van der Waals surface area contributed by atoms with E-state index in [0.717, 1.165) is 62.4 Å². The molecule has 2 aromatic carbocycles. The standard InChI is InChI=1S/C42H52Cl2N6O4Si/c1-26-18-33(46-35-22-49(17-14-28(26)35)24-42(25-51)15-16-42)39(52)47-32-13-9-11-30(38(32)44)29-10-8-12-31(37(29)43)34-19-45-36(40(48-34)53-5)23-50-20-27(21-50)54-55(6,7)41(2,3)4/h8-13,18-19,27,51H,14-17,20-25H2,1-7H3,(H,47,52). The number of hydrogen-bond donors (Lipinski definition) is 2. The molecule has 2 aromatic heterocycles. The van der Waals surface area contributed by atoms with Crippen LogP contribution in [0.15, 0.2) is 48.7 Å². The summed E-state index contributed by atoms with van der Waals surface area (Å²) in [6, 6.07) is 13.0. The first-order chi connectivity index (χ1) is 26.1. The quantitative estimate of drug-likeness (QED) is 0.136. The SMILES string of the molecule is COc1nc(-c2cccc(-c3cccc(NC(=O)c4cc(C)c5c(n4)CN(CC4(CO)CC4)CC5)c3Cl)c2Cl)cnc1CN1CC(O[Si](C)(C)C(C)(C)C)C1. The molecule has 1 saturated carbocycles. The van der Waals surface area contributed by atoms with Gasteiger partial charge >= 0.3 is 0 Å². The fraction of sp³-hybridized carbons (Fsp3) is 0.476. The van der Waals surface area contributed by atoms with E-state index in [9.17, 15) is 9.90 Å². The number of aromatic nitrogens is 3. The van der Waals surface area contributed by atoms with Crippen LogP contribution in [0, 0.1) is 12.3 Å². The Morgan fingerprint density at radius 3 is 2.40 bits per heavy atom. The van der Waals surface area contributed by atoms with Gasteiger partial charge in [0, 0.05) is 68.0 Å². The van der Waals surface area contributed by atoms with Crippen molar-refractivity contribution in [1.82, 2.24) is 24.8 Å². The summed E-state index contributed by atoms with van der Waals surface area (Å²) in [7, 11) is -0.224. The van der Waals surface area contributed by atoms with Crippen molar-refractivity contribution < 1.29 is 19.1 Å². The van der Waals surface area contributed by atoms with Crippen LogP contribution in [0.2, 0.25) is 28.2 Å². The zero-order valence-corrected chi connectivity index (χ0v) is 35.4. The van der Waals surface area contributed by atoms with Crippen LogP contribution in [0.1, 0.15) is 66.6 Å². The maximum Gasteiger partial charge on any atom is 0.274 e. The molecule has 1 saturated heterocycles. The average Bonchev–Trinajstić information content (AvgIpc) is 3.90. The van der Waals surface area contributed by atoms with E-state index < -0.39 is 8.32 Å². The van der Waals surface area contributed by atoms with Crippen LogP contribution < -0.4 is 10.1 Å². The van der Waals surface area contributed by atoms with Gasteiger partial charge in [-0.05, 0) is 67.6 Å². The molecule has 4 heterocycles. The summed E-state index contributed by atoms with van der Waals surface area (Å²) < 4.78 is 12.3. The summed E-state index contributed by atoms with van der Waals surface area (Å²) in [4.78, 5) is 32.7. The summed E-state index contributed by atoms with van der Waals surface area (Å²) in [5, 5.41) is 13.8. The van der Waals surface area contributed by atoms with Gasteiger partial charge in [-0.1, -0.05) is 74.3 Å². The van der Waals surface area contributed by atoms with E-state index in [4.69, 9.17) is 47.3 Å². The molecule has 10 nitrogen and oxygen atoms in total. The number of likely N-dealkylation sites (tertiary alicyclic amines) is 1. The molecular weight excluding hydrogens is 751 g/mol. The van der Waals surface area contributed by atoms with Gasteiger partial charge in [-0.25, -0.2) is 9.97 Å². The summed E-state index contributed by atoms with van der Waals surface area (Å²) in [5.74, 6) is 0.112. The molecule has 1 amide bonds. The number of aliphatic hydroxyl groups excluding tert-OH is 1. The Labute approximate surface area is 335 Å². The minimum atomic E-state index is -1.83. The van der Waals surface area contributed by atoms with Gasteiger partial charge < -0.3 is 19.6 Å².